The van der Waals surface area contributed by atoms with Crippen molar-refractivity contribution in [2.24, 2.45) is 11.8 Å². The fraction of sp³-hybridized carbons (Fsp3) is 0.562. The molecule has 0 saturated carbocycles. The number of carbonyl (C=O) groups is 1. The first-order chi connectivity index (χ1) is 9.53. The van der Waals surface area contributed by atoms with Crippen LogP contribution in [0.4, 0.5) is 0 Å². The number of methoxy groups -OCH3 is 2. The van der Waals surface area contributed by atoms with Gasteiger partial charge in [-0.05, 0) is 30.4 Å². The molecule has 0 fully saturated rings. The van der Waals surface area contributed by atoms with Crippen LogP contribution in [-0.4, -0.2) is 20.0 Å². The van der Waals surface area contributed by atoms with Crippen molar-refractivity contribution >= 4 is 17.4 Å². The van der Waals surface area contributed by atoms with Crippen molar-refractivity contribution in [3.63, 3.8) is 0 Å². The quantitative estimate of drug-likeness (QED) is 0.819. The number of rotatable bonds is 5. The summed E-state index contributed by atoms with van der Waals surface area (Å²) in [7, 11) is 3.11. The van der Waals surface area contributed by atoms with Crippen LogP contribution in [0.15, 0.2) is 6.07 Å². The maximum absolute atomic E-state index is 12.6. The van der Waals surface area contributed by atoms with Crippen LogP contribution in [-0.2, 0) is 6.42 Å². The molecule has 0 aliphatic heterocycles. The number of ether oxygens (including phenoxy) is 2. The largest absolute Gasteiger partial charge is 0.493 e. The van der Waals surface area contributed by atoms with E-state index in [0.29, 0.717) is 28.0 Å². The van der Waals surface area contributed by atoms with E-state index in [-0.39, 0.29) is 11.7 Å². The third-order valence-corrected chi connectivity index (χ3v) is 4.52. The fourth-order valence-corrected chi connectivity index (χ4v) is 3.22. The second kappa shape index (κ2) is 6.04. The molecule has 0 amide bonds. The summed E-state index contributed by atoms with van der Waals surface area (Å²) in [6.45, 7) is 4.33. The van der Waals surface area contributed by atoms with E-state index in [9.17, 15) is 4.79 Å². The number of hydrogen-bond acceptors (Lipinski definition) is 3. The Kier molecular flexibility index (Phi) is 4.59. The molecule has 1 aliphatic rings. The highest BCUT2D eigenvalue weighted by molar-refractivity contribution is 6.36. The van der Waals surface area contributed by atoms with Gasteiger partial charge in [0.25, 0.3) is 0 Å². The monoisotopic (exact) mass is 296 g/mol. The summed E-state index contributed by atoms with van der Waals surface area (Å²) in [5, 5.41) is 0.388. The van der Waals surface area contributed by atoms with E-state index in [2.05, 4.69) is 13.8 Å². The smallest absolute Gasteiger partial charge is 0.180 e. The van der Waals surface area contributed by atoms with Gasteiger partial charge in [0.2, 0.25) is 0 Å². The summed E-state index contributed by atoms with van der Waals surface area (Å²) >= 11 is 6.34. The third kappa shape index (κ3) is 2.51. The number of hydrogen-bond donors (Lipinski definition) is 0. The van der Waals surface area contributed by atoms with E-state index in [1.807, 2.05) is 6.07 Å². The number of Topliss-reactive ketones (excluding diaryl/α,β-unsaturated/α-hetero) is 1. The zero-order chi connectivity index (χ0) is 14.9. The molecule has 0 N–H and O–H groups in total. The van der Waals surface area contributed by atoms with E-state index >= 15 is 0 Å². The van der Waals surface area contributed by atoms with Crippen LogP contribution in [0.5, 0.6) is 11.5 Å². The van der Waals surface area contributed by atoms with Crippen LogP contribution in [0.25, 0.3) is 0 Å². The van der Waals surface area contributed by atoms with E-state index in [0.717, 1.165) is 24.8 Å². The molecule has 2 atom stereocenters. The lowest BCUT2D eigenvalue weighted by atomic mass is 9.91. The zero-order valence-corrected chi connectivity index (χ0v) is 13.2. The first kappa shape index (κ1) is 15.2. The van der Waals surface area contributed by atoms with Crippen molar-refractivity contribution in [3.8, 4) is 11.5 Å². The lowest BCUT2D eigenvalue weighted by Gasteiger charge is -2.13. The van der Waals surface area contributed by atoms with E-state index in [1.54, 1.807) is 7.11 Å². The molecule has 3 nitrogen and oxygen atoms in total. The fourth-order valence-electron chi connectivity index (χ4n) is 2.83. The summed E-state index contributed by atoms with van der Waals surface area (Å²) in [5.74, 6) is 1.76. The molecular formula is C16H21ClO3. The van der Waals surface area contributed by atoms with Crippen molar-refractivity contribution in [2.75, 3.05) is 14.2 Å². The molecule has 0 heterocycles. The second-order valence-electron chi connectivity index (χ2n) is 5.47. The Labute approximate surface area is 125 Å². The lowest BCUT2D eigenvalue weighted by molar-refractivity contribution is 0.0919. The number of halogens is 1. The Morgan fingerprint density at radius 3 is 2.65 bits per heavy atom. The standard InChI is InChI=1S/C16H21ClO3/c1-5-9(2)6-11-7-10-8-12(19-3)16(20-4)14(17)13(10)15(11)18/h8-9,11H,5-7H2,1-4H3. The molecule has 0 saturated heterocycles. The maximum Gasteiger partial charge on any atom is 0.180 e. The van der Waals surface area contributed by atoms with Crippen molar-refractivity contribution in [3.05, 3.63) is 22.2 Å². The van der Waals surface area contributed by atoms with Gasteiger partial charge in [0.05, 0.1) is 19.2 Å². The molecule has 2 unspecified atom stereocenters. The predicted octanol–water partition coefficient (Wildman–Crippen LogP) is 4.15. The Balaban J connectivity index is 2.39. The number of benzene rings is 1. The first-order valence-corrected chi connectivity index (χ1v) is 7.38. The Morgan fingerprint density at radius 2 is 2.10 bits per heavy atom. The first-order valence-electron chi connectivity index (χ1n) is 7.00. The maximum atomic E-state index is 12.6. The minimum Gasteiger partial charge on any atom is -0.493 e. The topological polar surface area (TPSA) is 35.5 Å². The molecule has 1 aromatic carbocycles. The Morgan fingerprint density at radius 1 is 1.40 bits per heavy atom. The van der Waals surface area contributed by atoms with Gasteiger partial charge in [-0.15, -0.1) is 0 Å². The third-order valence-electron chi connectivity index (χ3n) is 4.16. The number of carbonyl (C=O) groups excluding carboxylic acids is 1. The summed E-state index contributed by atoms with van der Waals surface area (Å²) < 4.78 is 10.6. The van der Waals surface area contributed by atoms with Crippen molar-refractivity contribution in [1.82, 2.24) is 0 Å². The zero-order valence-electron chi connectivity index (χ0n) is 12.5. The molecule has 1 aromatic rings. The van der Waals surface area contributed by atoms with E-state index < -0.39 is 0 Å². The van der Waals surface area contributed by atoms with Gasteiger partial charge in [0, 0.05) is 11.5 Å². The van der Waals surface area contributed by atoms with Crippen LogP contribution in [0.3, 0.4) is 0 Å². The molecule has 1 aliphatic carbocycles. The number of fused-ring (bicyclic) bond motifs is 1. The highest BCUT2D eigenvalue weighted by Crippen LogP contribution is 2.45. The van der Waals surface area contributed by atoms with Gasteiger partial charge in [0.15, 0.2) is 17.3 Å². The van der Waals surface area contributed by atoms with E-state index in [1.165, 1.54) is 7.11 Å². The summed E-state index contributed by atoms with van der Waals surface area (Å²) in [5.41, 5.74) is 1.60. The summed E-state index contributed by atoms with van der Waals surface area (Å²) in [6, 6.07) is 1.88. The van der Waals surface area contributed by atoms with Gasteiger partial charge < -0.3 is 9.47 Å². The van der Waals surface area contributed by atoms with E-state index in [4.69, 9.17) is 21.1 Å². The average molecular weight is 297 g/mol. The molecule has 20 heavy (non-hydrogen) atoms. The van der Waals surface area contributed by atoms with Gasteiger partial charge in [-0.2, -0.15) is 0 Å². The second-order valence-corrected chi connectivity index (χ2v) is 5.85. The molecule has 4 heteroatoms. The molecule has 110 valence electrons. The van der Waals surface area contributed by atoms with Gasteiger partial charge in [-0.1, -0.05) is 31.9 Å². The summed E-state index contributed by atoms with van der Waals surface area (Å²) in [6.07, 6.45) is 2.74. The van der Waals surface area contributed by atoms with Crippen molar-refractivity contribution in [2.45, 2.75) is 33.1 Å². The van der Waals surface area contributed by atoms with Crippen molar-refractivity contribution in [1.29, 1.82) is 0 Å². The van der Waals surface area contributed by atoms with Gasteiger partial charge in [-0.25, -0.2) is 0 Å². The molecule has 0 bridgehead atoms. The van der Waals surface area contributed by atoms with Crippen LogP contribution < -0.4 is 9.47 Å². The Hall–Kier alpha value is -1.22. The Bertz CT molecular complexity index is 525. The van der Waals surface area contributed by atoms with Crippen LogP contribution in [0.2, 0.25) is 5.02 Å². The van der Waals surface area contributed by atoms with Crippen LogP contribution in [0.1, 0.15) is 42.6 Å². The molecular weight excluding hydrogens is 276 g/mol. The average Bonchev–Trinajstić information content (AvgIpc) is 2.75. The van der Waals surface area contributed by atoms with Crippen LogP contribution in [0, 0.1) is 11.8 Å². The minimum atomic E-state index is 0.0364. The normalized spacial score (nSPS) is 18.9. The SMILES string of the molecule is CCC(C)CC1Cc2cc(OC)c(OC)c(Cl)c2C1=O. The lowest BCUT2D eigenvalue weighted by Crippen LogP contribution is -2.13. The molecule has 0 radical (unpaired) electrons. The highest BCUT2D eigenvalue weighted by atomic mass is 35.5. The predicted molar refractivity (Wildman–Crippen MR) is 80.2 cm³/mol. The summed E-state index contributed by atoms with van der Waals surface area (Å²) in [4.78, 5) is 12.6. The van der Waals surface area contributed by atoms with Gasteiger partial charge in [-0.3, -0.25) is 4.79 Å². The van der Waals surface area contributed by atoms with Gasteiger partial charge in [0.1, 0.15) is 0 Å². The number of ketones is 1. The molecule has 0 spiro atoms. The van der Waals surface area contributed by atoms with Crippen LogP contribution >= 0.6 is 11.6 Å². The minimum absolute atomic E-state index is 0.0364. The highest BCUT2D eigenvalue weighted by Gasteiger charge is 2.35. The molecule has 2 rings (SSSR count). The van der Waals surface area contributed by atoms with Gasteiger partial charge >= 0.3 is 0 Å². The van der Waals surface area contributed by atoms with Crippen molar-refractivity contribution < 1.29 is 14.3 Å². The molecule has 0 aromatic heterocycles.